The Balaban J connectivity index is 1.93. The van der Waals surface area contributed by atoms with Crippen molar-refractivity contribution in [1.82, 2.24) is 9.71 Å². The van der Waals surface area contributed by atoms with Crippen molar-refractivity contribution < 1.29 is 17.9 Å². The fraction of sp³-hybridized carbons (Fsp3) is 0.571. The lowest BCUT2D eigenvalue weighted by atomic mass is 10.1. The SMILES string of the molecule is COC(=O)C1CCCC1S(=O)(=O)NCCc1ccccn1. The molecule has 1 N–H and O–H groups in total. The molecule has 2 atom stereocenters. The van der Waals surface area contributed by atoms with Crippen molar-refractivity contribution in [2.45, 2.75) is 30.9 Å². The molecule has 0 radical (unpaired) electrons. The van der Waals surface area contributed by atoms with E-state index in [1.165, 1.54) is 7.11 Å². The molecular formula is C14H20N2O4S. The van der Waals surface area contributed by atoms with Crippen molar-refractivity contribution in [3.8, 4) is 0 Å². The number of sulfonamides is 1. The van der Waals surface area contributed by atoms with E-state index < -0.39 is 27.2 Å². The van der Waals surface area contributed by atoms with Crippen molar-refractivity contribution >= 4 is 16.0 Å². The third-order valence-corrected chi connectivity index (χ3v) is 5.73. The molecule has 0 bridgehead atoms. The fourth-order valence-corrected chi connectivity index (χ4v) is 4.45. The van der Waals surface area contributed by atoms with Gasteiger partial charge in [0.05, 0.1) is 18.3 Å². The van der Waals surface area contributed by atoms with E-state index in [0.29, 0.717) is 19.3 Å². The number of carbonyl (C=O) groups excluding carboxylic acids is 1. The van der Waals surface area contributed by atoms with Crippen LogP contribution in [0.15, 0.2) is 24.4 Å². The van der Waals surface area contributed by atoms with Crippen molar-refractivity contribution in [2.24, 2.45) is 5.92 Å². The minimum atomic E-state index is -3.51. The molecule has 0 aliphatic heterocycles. The number of methoxy groups -OCH3 is 1. The summed E-state index contributed by atoms with van der Waals surface area (Å²) < 4.78 is 31.9. The van der Waals surface area contributed by atoms with Crippen molar-refractivity contribution in [3.63, 3.8) is 0 Å². The first-order valence-corrected chi connectivity index (χ1v) is 8.55. The molecule has 116 valence electrons. The number of hydrogen-bond donors (Lipinski definition) is 1. The number of hydrogen-bond acceptors (Lipinski definition) is 5. The van der Waals surface area contributed by atoms with Gasteiger partial charge in [-0.1, -0.05) is 12.5 Å². The molecule has 1 aromatic heterocycles. The largest absolute Gasteiger partial charge is 0.469 e. The van der Waals surface area contributed by atoms with E-state index in [0.717, 1.165) is 12.1 Å². The quantitative estimate of drug-likeness (QED) is 0.788. The predicted octanol–water partition coefficient (Wildman–Crippen LogP) is 0.885. The maximum absolute atomic E-state index is 12.3. The number of ether oxygens (including phenoxy) is 1. The van der Waals surface area contributed by atoms with Gasteiger partial charge >= 0.3 is 5.97 Å². The van der Waals surface area contributed by atoms with E-state index in [4.69, 9.17) is 4.74 Å². The summed E-state index contributed by atoms with van der Waals surface area (Å²) in [5.41, 5.74) is 0.830. The second kappa shape index (κ2) is 7.00. The molecule has 1 saturated carbocycles. The monoisotopic (exact) mass is 312 g/mol. The maximum Gasteiger partial charge on any atom is 0.310 e. The Labute approximate surface area is 125 Å². The minimum Gasteiger partial charge on any atom is -0.469 e. The topological polar surface area (TPSA) is 85.4 Å². The lowest BCUT2D eigenvalue weighted by Gasteiger charge is -2.18. The summed E-state index contributed by atoms with van der Waals surface area (Å²) in [7, 11) is -2.22. The van der Waals surface area contributed by atoms with Crippen LogP contribution in [0.4, 0.5) is 0 Å². The first kappa shape index (κ1) is 15.9. The third-order valence-electron chi connectivity index (χ3n) is 3.77. The van der Waals surface area contributed by atoms with Gasteiger partial charge in [0, 0.05) is 24.9 Å². The zero-order valence-electron chi connectivity index (χ0n) is 12.0. The Hall–Kier alpha value is -1.47. The van der Waals surface area contributed by atoms with Crippen LogP contribution in [0.5, 0.6) is 0 Å². The van der Waals surface area contributed by atoms with Crippen molar-refractivity contribution in [2.75, 3.05) is 13.7 Å². The van der Waals surface area contributed by atoms with Gasteiger partial charge < -0.3 is 4.74 Å². The summed E-state index contributed by atoms with van der Waals surface area (Å²) in [6.07, 6.45) is 3.99. The van der Waals surface area contributed by atoms with Gasteiger partial charge in [-0.3, -0.25) is 9.78 Å². The highest BCUT2D eigenvalue weighted by Gasteiger charge is 2.41. The molecule has 6 nitrogen and oxygen atoms in total. The van der Waals surface area contributed by atoms with Crippen LogP contribution in [-0.2, 0) is 26.0 Å². The molecule has 21 heavy (non-hydrogen) atoms. The highest BCUT2D eigenvalue weighted by Crippen LogP contribution is 2.31. The molecular weight excluding hydrogens is 292 g/mol. The Kier molecular flexibility index (Phi) is 5.30. The first-order valence-electron chi connectivity index (χ1n) is 7.01. The molecule has 1 aliphatic carbocycles. The summed E-state index contributed by atoms with van der Waals surface area (Å²) in [6, 6.07) is 5.52. The Morgan fingerprint density at radius 2 is 2.24 bits per heavy atom. The molecule has 2 rings (SSSR count). The number of nitrogens with zero attached hydrogens (tertiary/aromatic N) is 1. The molecule has 1 heterocycles. The summed E-state index contributed by atoms with van der Waals surface area (Å²) in [5, 5.41) is -0.686. The van der Waals surface area contributed by atoms with Crippen LogP contribution in [0, 0.1) is 5.92 Å². The van der Waals surface area contributed by atoms with E-state index in [1.54, 1.807) is 6.20 Å². The molecule has 1 aromatic rings. The van der Waals surface area contributed by atoms with E-state index in [1.807, 2.05) is 18.2 Å². The van der Waals surface area contributed by atoms with Crippen molar-refractivity contribution in [3.05, 3.63) is 30.1 Å². The van der Waals surface area contributed by atoms with Crippen LogP contribution in [0.2, 0.25) is 0 Å². The summed E-state index contributed by atoms with van der Waals surface area (Å²) in [5.74, 6) is -0.991. The van der Waals surface area contributed by atoms with Crippen LogP contribution in [-0.4, -0.2) is 38.3 Å². The second-order valence-corrected chi connectivity index (χ2v) is 7.09. The van der Waals surface area contributed by atoms with Gasteiger partial charge in [-0.05, 0) is 25.0 Å². The average Bonchev–Trinajstić information content (AvgIpc) is 2.98. The van der Waals surface area contributed by atoms with E-state index in [9.17, 15) is 13.2 Å². The number of pyridine rings is 1. The molecule has 1 aliphatic rings. The van der Waals surface area contributed by atoms with E-state index >= 15 is 0 Å². The van der Waals surface area contributed by atoms with Crippen LogP contribution in [0.1, 0.15) is 25.0 Å². The van der Waals surface area contributed by atoms with Gasteiger partial charge in [0.1, 0.15) is 0 Å². The molecule has 0 aromatic carbocycles. The molecule has 0 amide bonds. The normalized spacial score (nSPS) is 22.1. The Morgan fingerprint density at radius 3 is 2.90 bits per heavy atom. The van der Waals surface area contributed by atoms with Gasteiger partial charge in [-0.25, -0.2) is 13.1 Å². The van der Waals surface area contributed by atoms with Gasteiger partial charge in [0.2, 0.25) is 10.0 Å². The van der Waals surface area contributed by atoms with Crippen LogP contribution in [0.25, 0.3) is 0 Å². The predicted molar refractivity (Wildman–Crippen MR) is 78.0 cm³/mol. The van der Waals surface area contributed by atoms with Gasteiger partial charge in [0.25, 0.3) is 0 Å². The summed E-state index contributed by atoms with van der Waals surface area (Å²) in [4.78, 5) is 15.8. The molecule has 1 fully saturated rings. The Morgan fingerprint density at radius 1 is 1.43 bits per heavy atom. The van der Waals surface area contributed by atoms with Gasteiger partial charge in [-0.2, -0.15) is 0 Å². The highest BCUT2D eigenvalue weighted by molar-refractivity contribution is 7.90. The van der Waals surface area contributed by atoms with Crippen LogP contribution >= 0.6 is 0 Å². The zero-order valence-corrected chi connectivity index (χ0v) is 12.8. The van der Waals surface area contributed by atoms with Crippen LogP contribution < -0.4 is 4.72 Å². The molecule has 7 heteroatoms. The molecule has 2 unspecified atom stereocenters. The zero-order chi connectivity index (χ0) is 15.3. The Bertz CT molecular complexity index is 574. The van der Waals surface area contributed by atoms with Gasteiger partial charge in [0.15, 0.2) is 0 Å². The summed E-state index contributed by atoms with van der Waals surface area (Å²) >= 11 is 0. The maximum atomic E-state index is 12.3. The minimum absolute atomic E-state index is 0.281. The lowest BCUT2D eigenvalue weighted by Crippen LogP contribution is -2.40. The lowest BCUT2D eigenvalue weighted by molar-refractivity contribution is -0.145. The van der Waals surface area contributed by atoms with Crippen LogP contribution in [0.3, 0.4) is 0 Å². The second-order valence-electron chi connectivity index (χ2n) is 5.11. The highest BCUT2D eigenvalue weighted by atomic mass is 32.2. The van der Waals surface area contributed by atoms with Crippen molar-refractivity contribution in [1.29, 1.82) is 0 Å². The first-order chi connectivity index (χ1) is 10.0. The fourth-order valence-electron chi connectivity index (χ4n) is 2.69. The van der Waals surface area contributed by atoms with E-state index in [-0.39, 0.29) is 6.54 Å². The molecule has 0 spiro atoms. The summed E-state index contributed by atoms with van der Waals surface area (Å²) in [6.45, 7) is 0.281. The molecule has 0 saturated heterocycles. The standard InChI is InChI=1S/C14H20N2O4S/c1-20-14(17)12-6-4-7-13(12)21(18,19)16-10-8-11-5-2-3-9-15-11/h2-3,5,9,12-13,16H,4,6-8,10H2,1H3. The van der Waals surface area contributed by atoms with Gasteiger partial charge in [-0.15, -0.1) is 0 Å². The number of rotatable bonds is 6. The number of nitrogens with one attached hydrogen (secondary N) is 1. The number of esters is 1. The number of carbonyl (C=O) groups is 1. The van der Waals surface area contributed by atoms with E-state index in [2.05, 4.69) is 9.71 Å². The average molecular weight is 312 g/mol. The smallest absolute Gasteiger partial charge is 0.310 e. The number of aromatic nitrogens is 1. The third kappa shape index (κ3) is 4.01.